The molecule has 2 heterocycles. The quantitative estimate of drug-likeness (QED) is 0.403. The summed E-state index contributed by atoms with van der Waals surface area (Å²) in [5.41, 5.74) is 5.52. The van der Waals surface area contributed by atoms with Crippen molar-refractivity contribution in [3.05, 3.63) is 89.4 Å². The first-order valence-electron chi connectivity index (χ1n) is 8.58. The Morgan fingerprint density at radius 1 is 0.962 bits per heavy atom. The number of benzene rings is 2. The van der Waals surface area contributed by atoms with E-state index in [1.165, 1.54) is 11.1 Å². The van der Waals surface area contributed by atoms with Crippen molar-refractivity contribution in [2.75, 3.05) is 0 Å². The average molecular weight is 359 g/mol. The van der Waals surface area contributed by atoms with E-state index >= 15 is 0 Å². The van der Waals surface area contributed by atoms with Gasteiger partial charge in [-0.25, -0.2) is 9.97 Å². The molecule has 126 valence electrons. The maximum Gasteiger partial charge on any atom is 0.223 e. The number of para-hydroxylation sites is 1. The average Bonchev–Trinajstić information content (AvgIpc) is 3.07. The minimum Gasteiger partial charge on any atom is -0.452 e. The first-order valence-corrected chi connectivity index (χ1v) is 8.96. The predicted molar refractivity (Wildman–Crippen MR) is 105 cm³/mol. The van der Waals surface area contributed by atoms with E-state index in [4.69, 9.17) is 16.0 Å². The molecule has 1 aliphatic carbocycles. The van der Waals surface area contributed by atoms with E-state index in [-0.39, 0.29) is 11.2 Å². The van der Waals surface area contributed by atoms with Crippen molar-refractivity contribution in [1.82, 2.24) is 9.97 Å². The number of fused-ring (bicyclic) bond motifs is 3. The third kappa shape index (κ3) is 2.52. The Hall–Kier alpha value is -2.91. The highest BCUT2D eigenvalue weighted by molar-refractivity contribution is 6.28. The third-order valence-corrected chi connectivity index (χ3v) is 4.91. The van der Waals surface area contributed by atoms with Gasteiger partial charge in [0.25, 0.3) is 0 Å². The standard InChI is InChI=1S/C22H15ClN2O/c23-22-24-19(21-20(25-22)17-11-4-5-12-18(17)26-21)16-10-6-9-15(13-16)14-7-2-1-3-8-14/h1-9,11-13,16H,10H2. The SMILES string of the molecule is Clc1nc(C2C=C(c3ccccc3)C=CC2)c2oc3ccccc3c2n1. The van der Waals surface area contributed by atoms with Gasteiger partial charge in [-0.3, -0.25) is 0 Å². The van der Waals surface area contributed by atoms with Gasteiger partial charge in [-0.2, -0.15) is 0 Å². The fraction of sp³-hybridized carbons (Fsp3) is 0.0909. The van der Waals surface area contributed by atoms with Gasteiger partial charge in [0.15, 0.2) is 5.58 Å². The van der Waals surface area contributed by atoms with E-state index in [9.17, 15) is 0 Å². The van der Waals surface area contributed by atoms with Crippen molar-refractivity contribution in [2.45, 2.75) is 12.3 Å². The van der Waals surface area contributed by atoms with Crippen LogP contribution in [0.3, 0.4) is 0 Å². The summed E-state index contributed by atoms with van der Waals surface area (Å²) in [4.78, 5) is 8.95. The van der Waals surface area contributed by atoms with E-state index in [0.717, 1.165) is 34.2 Å². The van der Waals surface area contributed by atoms with E-state index < -0.39 is 0 Å². The highest BCUT2D eigenvalue weighted by Crippen LogP contribution is 2.37. The van der Waals surface area contributed by atoms with Crippen molar-refractivity contribution in [1.29, 1.82) is 0 Å². The lowest BCUT2D eigenvalue weighted by Crippen LogP contribution is -2.03. The molecule has 1 unspecified atom stereocenters. The summed E-state index contributed by atoms with van der Waals surface area (Å²) in [5.74, 6) is 0.0961. The van der Waals surface area contributed by atoms with Gasteiger partial charge in [0.2, 0.25) is 5.28 Å². The highest BCUT2D eigenvalue weighted by atomic mass is 35.5. The fourth-order valence-corrected chi connectivity index (χ4v) is 3.71. The lowest BCUT2D eigenvalue weighted by Gasteiger charge is -2.17. The molecule has 4 heteroatoms. The Morgan fingerprint density at radius 2 is 1.77 bits per heavy atom. The summed E-state index contributed by atoms with van der Waals surface area (Å²) < 4.78 is 6.10. The van der Waals surface area contributed by atoms with Crippen molar-refractivity contribution >= 4 is 39.2 Å². The van der Waals surface area contributed by atoms with Crippen LogP contribution in [0.5, 0.6) is 0 Å². The summed E-state index contributed by atoms with van der Waals surface area (Å²) in [6, 6.07) is 18.2. The van der Waals surface area contributed by atoms with Gasteiger partial charge in [0.1, 0.15) is 11.1 Å². The summed E-state index contributed by atoms with van der Waals surface area (Å²) in [6.45, 7) is 0. The first kappa shape index (κ1) is 15.4. The topological polar surface area (TPSA) is 38.9 Å². The molecule has 1 aliphatic rings. The monoisotopic (exact) mass is 358 g/mol. The molecule has 4 aromatic rings. The van der Waals surface area contributed by atoms with Gasteiger partial charge in [-0.15, -0.1) is 0 Å². The fourth-order valence-electron chi connectivity index (χ4n) is 3.53. The Bertz CT molecular complexity index is 1170. The van der Waals surface area contributed by atoms with Crippen LogP contribution in [-0.2, 0) is 0 Å². The Kier molecular flexibility index (Phi) is 3.61. The van der Waals surface area contributed by atoms with Gasteiger partial charge in [-0.05, 0) is 41.3 Å². The van der Waals surface area contributed by atoms with Gasteiger partial charge in [0, 0.05) is 11.3 Å². The normalized spacial score (nSPS) is 17.0. The molecule has 0 fully saturated rings. The molecule has 0 radical (unpaired) electrons. The van der Waals surface area contributed by atoms with Gasteiger partial charge in [-0.1, -0.05) is 60.7 Å². The molecule has 0 bridgehead atoms. The van der Waals surface area contributed by atoms with Crippen LogP contribution >= 0.6 is 11.6 Å². The van der Waals surface area contributed by atoms with Crippen LogP contribution in [0.15, 0.2) is 77.2 Å². The van der Waals surface area contributed by atoms with Crippen LogP contribution in [0.2, 0.25) is 5.28 Å². The lowest BCUT2D eigenvalue weighted by atomic mass is 9.90. The molecule has 5 rings (SSSR count). The van der Waals surface area contributed by atoms with Crippen LogP contribution in [0, 0.1) is 0 Å². The number of allylic oxidation sites excluding steroid dienone is 4. The first-order chi connectivity index (χ1) is 12.8. The van der Waals surface area contributed by atoms with Crippen molar-refractivity contribution in [2.24, 2.45) is 0 Å². The molecular weight excluding hydrogens is 344 g/mol. The molecule has 0 aliphatic heterocycles. The lowest BCUT2D eigenvalue weighted by molar-refractivity contribution is 0.649. The molecule has 26 heavy (non-hydrogen) atoms. The third-order valence-electron chi connectivity index (χ3n) is 4.75. The van der Waals surface area contributed by atoms with Crippen LogP contribution < -0.4 is 0 Å². The van der Waals surface area contributed by atoms with E-state index in [1.54, 1.807) is 0 Å². The molecule has 0 amide bonds. The van der Waals surface area contributed by atoms with Crippen LogP contribution in [-0.4, -0.2) is 9.97 Å². The van der Waals surface area contributed by atoms with E-state index in [0.29, 0.717) is 0 Å². The predicted octanol–water partition coefficient (Wildman–Crippen LogP) is 6.16. The number of nitrogens with zero attached hydrogens (tertiary/aromatic N) is 2. The molecule has 3 nitrogen and oxygen atoms in total. The van der Waals surface area contributed by atoms with Gasteiger partial charge < -0.3 is 4.42 Å². The summed E-state index contributed by atoms with van der Waals surface area (Å²) >= 11 is 6.25. The maximum absolute atomic E-state index is 6.25. The summed E-state index contributed by atoms with van der Waals surface area (Å²) in [6.07, 6.45) is 7.43. The number of halogens is 1. The minimum absolute atomic E-state index is 0.0961. The molecule has 0 N–H and O–H groups in total. The zero-order valence-electron chi connectivity index (χ0n) is 13.9. The summed E-state index contributed by atoms with van der Waals surface area (Å²) in [5, 5.41) is 1.22. The molecule has 0 saturated heterocycles. The second-order valence-electron chi connectivity index (χ2n) is 6.39. The molecular formula is C22H15ClN2O. The number of rotatable bonds is 2. The van der Waals surface area contributed by atoms with Crippen LogP contribution in [0.25, 0.3) is 27.6 Å². The summed E-state index contributed by atoms with van der Waals surface area (Å²) in [7, 11) is 0. The highest BCUT2D eigenvalue weighted by Gasteiger charge is 2.22. The van der Waals surface area contributed by atoms with Crippen LogP contribution in [0.1, 0.15) is 23.6 Å². The van der Waals surface area contributed by atoms with Gasteiger partial charge in [0.05, 0.1) is 5.69 Å². The Labute approximate surface area is 155 Å². The second kappa shape index (κ2) is 6.11. The van der Waals surface area contributed by atoms with E-state index in [1.807, 2.05) is 42.5 Å². The van der Waals surface area contributed by atoms with Crippen molar-refractivity contribution in [3.8, 4) is 0 Å². The van der Waals surface area contributed by atoms with Crippen molar-refractivity contribution < 1.29 is 4.42 Å². The second-order valence-corrected chi connectivity index (χ2v) is 6.72. The van der Waals surface area contributed by atoms with Gasteiger partial charge >= 0.3 is 0 Å². The molecule has 0 spiro atoms. The zero-order chi connectivity index (χ0) is 17.5. The van der Waals surface area contributed by atoms with Crippen molar-refractivity contribution in [3.63, 3.8) is 0 Å². The molecule has 2 aromatic heterocycles. The largest absolute Gasteiger partial charge is 0.452 e. The number of hydrogen-bond acceptors (Lipinski definition) is 3. The smallest absolute Gasteiger partial charge is 0.223 e. The molecule has 1 atom stereocenters. The Morgan fingerprint density at radius 3 is 2.65 bits per heavy atom. The maximum atomic E-state index is 6.25. The Balaban J connectivity index is 1.69. The number of furan rings is 1. The van der Waals surface area contributed by atoms with Crippen LogP contribution in [0.4, 0.5) is 0 Å². The zero-order valence-corrected chi connectivity index (χ0v) is 14.6. The number of hydrogen-bond donors (Lipinski definition) is 0. The van der Waals surface area contributed by atoms with E-state index in [2.05, 4.69) is 40.3 Å². The number of aromatic nitrogens is 2. The molecule has 2 aromatic carbocycles. The molecule has 0 saturated carbocycles. The minimum atomic E-state index is 0.0961.